The second-order valence-electron chi connectivity index (χ2n) is 5.85. The minimum absolute atomic E-state index is 0.698. The number of aromatic nitrogens is 2. The van der Waals surface area contributed by atoms with E-state index in [1.165, 1.54) is 56.5 Å². The molecule has 3 nitrogen and oxygen atoms in total. The number of aryl methyl sites for hydroxylation is 2. The van der Waals surface area contributed by atoms with Crippen LogP contribution in [-0.2, 0) is 12.8 Å². The molecule has 0 saturated heterocycles. The van der Waals surface area contributed by atoms with Crippen LogP contribution in [0.2, 0.25) is 0 Å². The van der Waals surface area contributed by atoms with Gasteiger partial charge in [0.2, 0.25) is 0 Å². The van der Waals surface area contributed by atoms with Crippen LogP contribution in [0.25, 0.3) is 0 Å². The quantitative estimate of drug-likeness (QED) is 0.890. The maximum atomic E-state index is 4.81. The first-order valence-electron chi connectivity index (χ1n) is 7.59. The third kappa shape index (κ3) is 2.09. The van der Waals surface area contributed by atoms with Crippen molar-refractivity contribution in [2.75, 3.05) is 6.54 Å². The summed E-state index contributed by atoms with van der Waals surface area (Å²) >= 11 is 0. The van der Waals surface area contributed by atoms with Gasteiger partial charge in [-0.15, -0.1) is 0 Å². The number of nitrogens with one attached hydrogen (secondary N) is 1. The molecule has 0 amide bonds. The van der Waals surface area contributed by atoms with Gasteiger partial charge in [0.1, 0.15) is 5.82 Å². The molecule has 2 aliphatic carbocycles. The van der Waals surface area contributed by atoms with Gasteiger partial charge in [0, 0.05) is 17.8 Å². The predicted molar refractivity (Wildman–Crippen MR) is 74.0 cm³/mol. The van der Waals surface area contributed by atoms with Crippen LogP contribution in [0.15, 0.2) is 0 Å². The zero-order chi connectivity index (χ0) is 12.5. The Labute approximate surface area is 110 Å². The summed E-state index contributed by atoms with van der Waals surface area (Å²) in [6.07, 6.45) is 9.06. The normalized spacial score (nSPS) is 27.4. The molecule has 2 aliphatic rings. The van der Waals surface area contributed by atoms with E-state index in [0.717, 1.165) is 12.6 Å². The van der Waals surface area contributed by atoms with Gasteiger partial charge < -0.3 is 9.88 Å². The van der Waals surface area contributed by atoms with Gasteiger partial charge in [0.15, 0.2) is 0 Å². The standard InChI is InChI=1S/C15H25N3/c1-3-16-12-8-9-13(10-12)18-11(2)17-14-6-4-5-7-15(14)18/h12-13,16H,3-10H2,1-2H3. The molecule has 1 saturated carbocycles. The van der Waals surface area contributed by atoms with E-state index in [0.29, 0.717) is 6.04 Å². The van der Waals surface area contributed by atoms with Gasteiger partial charge in [0.25, 0.3) is 0 Å². The molecule has 3 heteroatoms. The first-order valence-corrected chi connectivity index (χ1v) is 7.59. The second kappa shape index (κ2) is 5.04. The molecule has 1 heterocycles. The second-order valence-corrected chi connectivity index (χ2v) is 5.85. The number of hydrogen-bond donors (Lipinski definition) is 1. The highest BCUT2D eigenvalue weighted by Gasteiger charge is 2.29. The fourth-order valence-corrected chi connectivity index (χ4v) is 3.85. The zero-order valence-corrected chi connectivity index (χ0v) is 11.7. The molecule has 0 aliphatic heterocycles. The highest BCUT2D eigenvalue weighted by atomic mass is 15.1. The van der Waals surface area contributed by atoms with Crippen molar-refractivity contribution in [1.82, 2.24) is 14.9 Å². The largest absolute Gasteiger partial charge is 0.329 e. The van der Waals surface area contributed by atoms with Crippen LogP contribution in [0.1, 0.15) is 62.3 Å². The molecule has 0 aromatic carbocycles. The molecule has 1 aromatic rings. The summed E-state index contributed by atoms with van der Waals surface area (Å²) in [7, 11) is 0. The average molecular weight is 247 g/mol. The molecule has 0 bridgehead atoms. The number of nitrogens with zero attached hydrogens (tertiary/aromatic N) is 2. The van der Waals surface area contributed by atoms with E-state index in [1.54, 1.807) is 5.69 Å². The molecular formula is C15H25N3. The van der Waals surface area contributed by atoms with Crippen LogP contribution in [0.3, 0.4) is 0 Å². The molecule has 18 heavy (non-hydrogen) atoms. The summed E-state index contributed by atoms with van der Waals surface area (Å²) in [6.45, 7) is 5.49. The minimum atomic E-state index is 0.698. The van der Waals surface area contributed by atoms with E-state index < -0.39 is 0 Å². The van der Waals surface area contributed by atoms with Crippen LogP contribution in [0, 0.1) is 6.92 Å². The van der Waals surface area contributed by atoms with Crippen molar-refractivity contribution in [3.05, 3.63) is 17.2 Å². The molecule has 2 atom stereocenters. The first kappa shape index (κ1) is 12.2. The fraction of sp³-hybridized carbons (Fsp3) is 0.800. The van der Waals surface area contributed by atoms with Gasteiger partial charge in [-0.25, -0.2) is 4.98 Å². The molecule has 1 fully saturated rings. The van der Waals surface area contributed by atoms with E-state index in [2.05, 4.69) is 23.7 Å². The van der Waals surface area contributed by atoms with Crippen molar-refractivity contribution in [2.24, 2.45) is 0 Å². The van der Waals surface area contributed by atoms with Crippen LogP contribution in [-0.4, -0.2) is 22.1 Å². The maximum absolute atomic E-state index is 4.81. The van der Waals surface area contributed by atoms with Crippen molar-refractivity contribution in [3.63, 3.8) is 0 Å². The van der Waals surface area contributed by atoms with Gasteiger partial charge in [-0.3, -0.25) is 0 Å². The number of fused-ring (bicyclic) bond motifs is 1. The lowest BCUT2D eigenvalue weighted by molar-refractivity contribution is 0.456. The zero-order valence-electron chi connectivity index (χ0n) is 11.7. The smallest absolute Gasteiger partial charge is 0.106 e. The number of rotatable bonds is 3. The molecule has 3 rings (SSSR count). The Morgan fingerprint density at radius 1 is 1.28 bits per heavy atom. The molecule has 1 aromatic heterocycles. The fourth-order valence-electron chi connectivity index (χ4n) is 3.85. The van der Waals surface area contributed by atoms with Crippen molar-refractivity contribution >= 4 is 0 Å². The Hall–Kier alpha value is -0.830. The highest BCUT2D eigenvalue weighted by Crippen LogP contribution is 2.34. The molecule has 0 radical (unpaired) electrons. The van der Waals surface area contributed by atoms with Crippen LogP contribution in [0.4, 0.5) is 0 Å². The Balaban J connectivity index is 1.82. The number of hydrogen-bond acceptors (Lipinski definition) is 2. The molecule has 2 unspecified atom stereocenters. The van der Waals surface area contributed by atoms with Crippen molar-refractivity contribution in [3.8, 4) is 0 Å². The Kier molecular flexibility index (Phi) is 3.42. The van der Waals surface area contributed by atoms with Crippen molar-refractivity contribution in [2.45, 2.75) is 70.9 Å². The van der Waals surface area contributed by atoms with Crippen molar-refractivity contribution in [1.29, 1.82) is 0 Å². The Bertz CT molecular complexity index is 422. The Morgan fingerprint density at radius 3 is 2.94 bits per heavy atom. The predicted octanol–water partition coefficient (Wildman–Crippen LogP) is 2.77. The van der Waals surface area contributed by atoms with Crippen LogP contribution >= 0.6 is 0 Å². The highest BCUT2D eigenvalue weighted by molar-refractivity contribution is 5.21. The average Bonchev–Trinajstić information content (AvgIpc) is 2.92. The minimum Gasteiger partial charge on any atom is -0.329 e. The van der Waals surface area contributed by atoms with Gasteiger partial charge >= 0.3 is 0 Å². The topological polar surface area (TPSA) is 29.9 Å². The van der Waals surface area contributed by atoms with E-state index in [-0.39, 0.29) is 0 Å². The summed E-state index contributed by atoms with van der Waals surface area (Å²) in [5.41, 5.74) is 2.95. The lowest BCUT2D eigenvalue weighted by Gasteiger charge is -2.20. The van der Waals surface area contributed by atoms with E-state index in [9.17, 15) is 0 Å². The molecule has 0 spiro atoms. The summed E-state index contributed by atoms with van der Waals surface area (Å²) in [4.78, 5) is 4.81. The van der Waals surface area contributed by atoms with E-state index >= 15 is 0 Å². The molecular weight excluding hydrogens is 222 g/mol. The molecule has 100 valence electrons. The maximum Gasteiger partial charge on any atom is 0.106 e. The van der Waals surface area contributed by atoms with Gasteiger partial charge in [-0.1, -0.05) is 6.92 Å². The third-order valence-electron chi connectivity index (χ3n) is 4.61. The summed E-state index contributed by atoms with van der Waals surface area (Å²) in [6, 6.07) is 1.42. The Morgan fingerprint density at radius 2 is 2.11 bits per heavy atom. The number of imidazole rings is 1. The van der Waals surface area contributed by atoms with E-state index in [4.69, 9.17) is 4.98 Å². The summed E-state index contributed by atoms with van der Waals surface area (Å²) in [5, 5.41) is 3.60. The SMILES string of the molecule is CCNC1CCC(n2c(C)nc3c2CCCC3)C1. The lowest BCUT2D eigenvalue weighted by Crippen LogP contribution is -2.26. The molecule has 1 N–H and O–H groups in total. The van der Waals surface area contributed by atoms with Crippen LogP contribution < -0.4 is 5.32 Å². The summed E-state index contributed by atoms with van der Waals surface area (Å²) < 4.78 is 2.58. The monoisotopic (exact) mass is 247 g/mol. The summed E-state index contributed by atoms with van der Waals surface area (Å²) in [5.74, 6) is 1.25. The van der Waals surface area contributed by atoms with E-state index in [1.807, 2.05) is 0 Å². The third-order valence-corrected chi connectivity index (χ3v) is 4.61. The lowest BCUT2D eigenvalue weighted by atomic mass is 10.0. The van der Waals surface area contributed by atoms with Crippen LogP contribution in [0.5, 0.6) is 0 Å². The van der Waals surface area contributed by atoms with Gasteiger partial charge in [-0.2, -0.15) is 0 Å². The van der Waals surface area contributed by atoms with Gasteiger partial charge in [0.05, 0.1) is 5.69 Å². The van der Waals surface area contributed by atoms with Gasteiger partial charge in [-0.05, 0) is 58.4 Å². The first-order chi connectivity index (χ1) is 8.79. The van der Waals surface area contributed by atoms with Crippen molar-refractivity contribution < 1.29 is 0 Å².